The van der Waals surface area contributed by atoms with Crippen molar-refractivity contribution in [1.29, 1.82) is 5.26 Å². The van der Waals surface area contributed by atoms with Gasteiger partial charge in [-0.1, -0.05) is 29.8 Å². The van der Waals surface area contributed by atoms with Crippen LogP contribution in [-0.4, -0.2) is 31.6 Å². The number of nitrogens with one attached hydrogen (secondary N) is 1. The molecule has 1 aliphatic heterocycles. The number of hydrogen-bond donors (Lipinski definition) is 1. The van der Waals surface area contributed by atoms with Crippen LogP contribution in [0.2, 0.25) is 0 Å². The summed E-state index contributed by atoms with van der Waals surface area (Å²) in [5, 5.41) is 12.3. The molecule has 1 heterocycles. The number of carbonyl (C=O) groups is 1. The van der Waals surface area contributed by atoms with Crippen LogP contribution in [0.15, 0.2) is 48.5 Å². The van der Waals surface area contributed by atoms with E-state index in [9.17, 15) is 10.1 Å². The average molecular weight is 349 g/mol. The van der Waals surface area contributed by atoms with Gasteiger partial charge in [0.05, 0.1) is 11.3 Å². The molecule has 1 saturated heterocycles. The monoisotopic (exact) mass is 349 g/mol. The van der Waals surface area contributed by atoms with Gasteiger partial charge in [-0.05, 0) is 44.0 Å². The van der Waals surface area contributed by atoms with Gasteiger partial charge in [-0.25, -0.2) is 0 Å². The summed E-state index contributed by atoms with van der Waals surface area (Å²) in [6.45, 7) is 3.68. The zero-order valence-corrected chi connectivity index (χ0v) is 14.9. The highest BCUT2D eigenvalue weighted by atomic mass is 16.5. The van der Waals surface area contributed by atoms with Crippen LogP contribution in [0.1, 0.15) is 24.0 Å². The van der Waals surface area contributed by atoms with Crippen molar-refractivity contribution < 1.29 is 9.53 Å². The van der Waals surface area contributed by atoms with E-state index in [1.54, 1.807) is 0 Å². The SMILES string of the molecule is Cc1ccc(OCC(=O)NC2CCN(c3ccccc3C#N)CC2)cc1. The average Bonchev–Trinajstić information content (AvgIpc) is 2.68. The molecular formula is C21H23N3O2. The lowest BCUT2D eigenvalue weighted by molar-refractivity contribution is -0.123. The van der Waals surface area contributed by atoms with Gasteiger partial charge in [-0.2, -0.15) is 5.26 Å². The van der Waals surface area contributed by atoms with E-state index in [1.807, 2.05) is 55.5 Å². The number of rotatable bonds is 5. The van der Waals surface area contributed by atoms with E-state index >= 15 is 0 Å². The van der Waals surface area contributed by atoms with Gasteiger partial charge >= 0.3 is 0 Å². The van der Waals surface area contributed by atoms with E-state index in [-0.39, 0.29) is 18.6 Å². The van der Waals surface area contributed by atoms with E-state index < -0.39 is 0 Å². The maximum atomic E-state index is 12.1. The molecule has 5 nitrogen and oxygen atoms in total. The predicted molar refractivity (Wildman–Crippen MR) is 101 cm³/mol. The van der Waals surface area contributed by atoms with Gasteiger partial charge in [-0.3, -0.25) is 4.79 Å². The fraction of sp³-hybridized carbons (Fsp3) is 0.333. The van der Waals surface area contributed by atoms with Crippen LogP contribution in [0.5, 0.6) is 5.75 Å². The van der Waals surface area contributed by atoms with E-state index in [0.29, 0.717) is 11.3 Å². The third-order valence-corrected chi connectivity index (χ3v) is 4.62. The van der Waals surface area contributed by atoms with Gasteiger partial charge in [0.1, 0.15) is 11.8 Å². The van der Waals surface area contributed by atoms with Crippen LogP contribution in [0, 0.1) is 18.3 Å². The van der Waals surface area contributed by atoms with Gasteiger partial charge in [0.15, 0.2) is 6.61 Å². The molecule has 2 aromatic carbocycles. The molecule has 1 aliphatic rings. The number of hydrogen-bond acceptors (Lipinski definition) is 4. The highest BCUT2D eigenvalue weighted by Crippen LogP contribution is 2.23. The maximum absolute atomic E-state index is 12.1. The van der Waals surface area contributed by atoms with Gasteiger partial charge in [0.2, 0.25) is 0 Å². The van der Waals surface area contributed by atoms with Gasteiger partial charge in [0, 0.05) is 19.1 Å². The smallest absolute Gasteiger partial charge is 0.258 e. The Bertz CT molecular complexity index is 788. The van der Waals surface area contributed by atoms with Crippen LogP contribution >= 0.6 is 0 Å². The highest BCUT2D eigenvalue weighted by molar-refractivity contribution is 5.77. The topological polar surface area (TPSA) is 65.4 Å². The van der Waals surface area contributed by atoms with Crippen LogP contribution in [0.3, 0.4) is 0 Å². The highest BCUT2D eigenvalue weighted by Gasteiger charge is 2.22. The second kappa shape index (κ2) is 8.39. The van der Waals surface area contributed by atoms with Crippen molar-refractivity contribution in [3.8, 4) is 11.8 Å². The summed E-state index contributed by atoms with van der Waals surface area (Å²) in [5.74, 6) is 0.607. The van der Waals surface area contributed by atoms with Crippen molar-refractivity contribution in [1.82, 2.24) is 5.32 Å². The molecule has 0 spiro atoms. The number of piperidine rings is 1. The molecule has 0 unspecified atom stereocenters. The third kappa shape index (κ3) is 4.54. The molecule has 1 fully saturated rings. The molecular weight excluding hydrogens is 326 g/mol. The van der Waals surface area contributed by atoms with Crippen molar-refractivity contribution >= 4 is 11.6 Å². The molecule has 0 aliphatic carbocycles. The first-order valence-electron chi connectivity index (χ1n) is 8.88. The molecule has 0 atom stereocenters. The van der Waals surface area contributed by atoms with Gasteiger partial charge in [0.25, 0.3) is 5.91 Å². The first kappa shape index (κ1) is 17.8. The molecule has 0 aromatic heterocycles. The summed E-state index contributed by atoms with van der Waals surface area (Å²) in [6.07, 6.45) is 1.71. The fourth-order valence-corrected chi connectivity index (χ4v) is 3.16. The standard InChI is InChI=1S/C21H23N3O2/c1-16-6-8-19(9-7-16)26-15-21(25)23-18-10-12-24(13-11-18)20-5-3-2-4-17(20)14-22/h2-9,18H,10-13,15H2,1H3,(H,23,25). The largest absolute Gasteiger partial charge is 0.484 e. The molecule has 0 bridgehead atoms. The normalized spacial score (nSPS) is 14.5. The van der Waals surface area contributed by atoms with E-state index in [4.69, 9.17) is 4.74 Å². The number of carbonyl (C=O) groups excluding carboxylic acids is 1. The Morgan fingerprint density at radius 2 is 1.88 bits per heavy atom. The predicted octanol–water partition coefficient (Wildman–Crippen LogP) is 3.03. The molecule has 1 N–H and O–H groups in total. The van der Waals surface area contributed by atoms with Crippen LogP contribution < -0.4 is 15.0 Å². The first-order chi connectivity index (χ1) is 12.7. The van der Waals surface area contributed by atoms with Crippen molar-refractivity contribution in [2.24, 2.45) is 0 Å². The minimum Gasteiger partial charge on any atom is -0.484 e. The van der Waals surface area contributed by atoms with Crippen LogP contribution in [0.25, 0.3) is 0 Å². The molecule has 134 valence electrons. The number of nitrogens with zero attached hydrogens (tertiary/aromatic N) is 2. The molecule has 3 rings (SSSR count). The summed E-state index contributed by atoms with van der Waals surface area (Å²) in [5.41, 5.74) is 2.83. The Kier molecular flexibility index (Phi) is 5.75. The van der Waals surface area contributed by atoms with Crippen molar-refractivity contribution in [3.63, 3.8) is 0 Å². The van der Waals surface area contributed by atoms with E-state index in [2.05, 4.69) is 16.3 Å². The number of para-hydroxylation sites is 1. The second-order valence-electron chi connectivity index (χ2n) is 6.56. The minimum absolute atomic E-state index is 0.0283. The van der Waals surface area contributed by atoms with E-state index in [1.165, 1.54) is 0 Å². The Morgan fingerprint density at radius 1 is 1.19 bits per heavy atom. The van der Waals surface area contributed by atoms with Crippen molar-refractivity contribution in [2.45, 2.75) is 25.8 Å². The Morgan fingerprint density at radius 3 is 2.58 bits per heavy atom. The summed E-state index contributed by atoms with van der Waals surface area (Å²) in [4.78, 5) is 14.3. The summed E-state index contributed by atoms with van der Waals surface area (Å²) in [6, 6.07) is 17.7. The zero-order valence-electron chi connectivity index (χ0n) is 14.9. The first-order valence-corrected chi connectivity index (χ1v) is 8.88. The molecule has 5 heteroatoms. The Balaban J connectivity index is 1.45. The number of benzene rings is 2. The lowest BCUT2D eigenvalue weighted by atomic mass is 10.0. The summed E-state index contributed by atoms with van der Waals surface area (Å²) < 4.78 is 5.53. The lowest BCUT2D eigenvalue weighted by Crippen LogP contribution is -2.46. The zero-order chi connectivity index (χ0) is 18.4. The van der Waals surface area contributed by atoms with Crippen LogP contribution in [0.4, 0.5) is 5.69 Å². The van der Waals surface area contributed by atoms with Gasteiger partial charge < -0.3 is 15.0 Å². The number of anilines is 1. The lowest BCUT2D eigenvalue weighted by Gasteiger charge is -2.34. The van der Waals surface area contributed by atoms with E-state index in [0.717, 1.165) is 37.2 Å². The third-order valence-electron chi connectivity index (χ3n) is 4.62. The summed E-state index contributed by atoms with van der Waals surface area (Å²) in [7, 11) is 0. The molecule has 1 amide bonds. The molecule has 0 saturated carbocycles. The number of aryl methyl sites for hydroxylation is 1. The summed E-state index contributed by atoms with van der Waals surface area (Å²) >= 11 is 0. The van der Waals surface area contributed by atoms with Crippen molar-refractivity contribution in [2.75, 3.05) is 24.6 Å². The number of nitriles is 1. The minimum atomic E-state index is -0.0959. The van der Waals surface area contributed by atoms with Crippen molar-refractivity contribution in [3.05, 3.63) is 59.7 Å². The molecule has 2 aromatic rings. The molecule has 26 heavy (non-hydrogen) atoms. The van der Waals surface area contributed by atoms with Gasteiger partial charge in [-0.15, -0.1) is 0 Å². The number of ether oxygens (including phenoxy) is 1. The number of amides is 1. The quantitative estimate of drug-likeness (QED) is 0.901. The van der Waals surface area contributed by atoms with Crippen LogP contribution in [-0.2, 0) is 4.79 Å². The Labute approximate surface area is 154 Å². The molecule has 0 radical (unpaired) electrons. The maximum Gasteiger partial charge on any atom is 0.258 e. The Hall–Kier alpha value is -3.00. The fourth-order valence-electron chi connectivity index (χ4n) is 3.16. The second-order valence-corrected chi connectivity index (χ2v) is 6.56.